The van der Waals surface area contributed by atoms with Crippen LogP contribution in [-0.4, -0.2) is 11.8 Å². The monoisotopic (exact) mass is 244 g/mol. The first-order chi connectivity index (χ1) is 7.15. The minimum atomic E-state index is -0.534. The Morgan fingerprint density at radius 3 is 2.87 bits per heavy atom. The fourth-order valence-corrected chi connectivity index (χ4v) is 1.39. The minimum absolute atomic E-state index is 0.480. The van der Waals surface area contributed by atoms with Crippen LogP contribution in [-0.2, 0) is 4.79 Å². The van der Waals surface area contributed by atoms with Crippen LogP contribution < -0.4 is 4.74 Å². The molecule has 0 unspecified atom stereocenters. The van der Waals surface area contributed by atoms with Crippen molar-refractivity contribution in [1.82, 2.24) is 0 Å². The van der Waals surface area contributed by atoms with Gasteiger partial charge in [0.2, 0.25) is 5.24 Å². The molecule has 0 fully saturated rings. The second-order valence-corrected chi connectivity index (χ2v) is 3.48. The number of hydrogen-bond donors (Lipinski definition) is 0. The molecule has 0 N–H and O–H groups in total. The van der Waals surface area contributed by atoms with Crippen LogP contribution in [0, 0.1) is 0 Å². The zero-order valence-corrected chi connectivity index (χ0v) is 9.68. The summed E-state index contributed by atoms with van der Waals surface area (Å²) in [5.74, 6) is 0.600. The summed E-state index contributed by atoms with van der Waals surface area (Å²) >= 11 is 11.2. The maximum Gasteiger partial charge on any atom is 0.245 e. The standard InChI is InChI=1S/C11H10Cl2O2/c1-2-15-9-5-3-4-8(11(9)13)6-7-10(12)14/h3-7H,2H2,1H3. The van der Waals surface area contributed by atoms with Gasteiger partial charge in [-0.2, -0.15) is 0 Å². The van der Waals surface area contributed by atoms with E-state index < -0.39 is 5.24 Å². The highest BCUT2D eigenvalue weighted by Gasteiger charge is 2.04. The Balaban J connectivity index is 2.98. The van der Waals surface area contributed by atoms with Gasteiger partial charge in [0, 0.05) is 0 Å². The largest absolute Gasteiger partial charge is 0.492 e. The van der Waals surface area contributed by atoms with Crippen molar-refractivity contribution >= 4 is 34.5 Å². The molecule has 0 saturated heterocycles. The molecule has 1 aromatic rings. The number of ether oxygens (including phenoxy) is 1. The summed E-state index contributed by atoms with van der Waals surface area (Å²) in [5, 5.41) is -0.0543. The zero-order valence-electron chi connectivity index (χ0n) is 8.17. The second kappa shape index (κ2) is 5.79. The number of rotatable bonds is 4. The number of carbonyl (C=O) groups is 1. The van der Waals surface area contributed by atoms with Crippen molar-refractivity contribution in [3.05, 3.63) is 34.9 Å². The Morgan fingerprint density at radius 2 is 2.27 bits per heavy atom. The van der Waals surface area contributed by atoms with Crippen LogP contribution in [0.1, 0.15) is 12.5 Å². The first kappa shape index (κ1) is 12.1. The maximum absolute atomic E-state index is 10.5. The van der Waals surface area contributed by atoms with Crippen LogP contribution in [0.5, 0.6) is 5.75 Å². The Hall–Kier alpha value is -0.990. The first-order valence-electron chi connectivity index (χ1n) is 4.44. The van der Waals surface area contributed by atoms with Crippen molar-refractivity contribution in [2.45, 2.75) is 6.92 Å². The quantitative estimate of drug-likeness (QED) is 0.599. The summed E-state index contributed by atoms with van der Waals surface area (Å²) in [6.45, 7) is 2.42. The van der Waals surface area contributed by atoms with Crippen molar-refractivity contribution < 1.29 is 9.53 Å². The van der Waals surface area contributed by atoms with Crippen LogP contribution in [0.15, 0.2) is 24.3 Å². The van der Waals surface area contributed by atoms with Gasteiger partial charge in [0.05, 0.1) is 11.6 Å². The van der Waals surface area contributed by atoms with Crippen molar-refractivity contribution in [3.63, 3.8) is 0 Å². The van der Waals surface area contributed by atoms with Crippen LogP contribution in [0.25, 0.3) is 6.08 Å². The van der Waals surface area contributed by atoms with E-state index in [9.17, 15) is 4.79 Å². The Bertz CT molecular complexity index is 386. The lowest BCUT2D eigenvalue weighted by Crippen LogP contribution is -1.92. The smallest absolute Gasteiger partial charge is 0.245 e. The molecule has 0 radical (unpaired) electrons. The number of allylic oxidation sites excluding steroid dienone is 1. The normalized spacial score (nSPS) is 10.6. The molecule has 0 aromatic heterocycles. The molecule has 0 aliphatic rings. The van der Waals surface area contributed by atoms with Crippen molar-refractivity contribution in [2.24, 2.45) is 0 Å². The van der Waals surface area contributed by atoms with Crippen molar-refractivity contribution in [1.29, 1.82) is 0 Å². The van der Waals surface area contributed by atoms with E-state index in [0.717, 1.165) is 0 Å². The Labute approximate surface area is 98.4 Å². The molecule has 1 aromatic carbocycles. The average Bonchev–Trinajstić information content (AvgIpc) is 2.19. The van der Waals surface area contributed by atoms with Gasteiger partial charge in [0.15, 0.2) is 0 Å². The van der Waals surface area contributed by atoms with Gasteiger partial charge in [-0.1, -0.05) is 23.7 Å². The number of hydrogen-bond acceptors (Lipinski definition) is 2. The summed E-state index contributed by atoms with van der Waals surface area (Å²) in [4.78, 5) is 10.5. The van der Waals surface area contributed by atoms with Gasteiger partial charge in [0.25, 0.3) is 0 Å². The van der Waals surface area contributed by atoms with Gasteiger partial charge in [-0.05, 0) is 42.3 Å². The summed E-state index contributed by atoms with van der Waals surface area (Å²) in [6, 6.07) is 5.35. The molecule has 0 aliphatic heterocycles. The molecule has 1 rings (SSSR count). The van der Waals surface area contributed by atoms with E-state index in [1.165, 1.54) is 6.08 Å². The molecule has 0 saturated carbocycles. The molecule has 2 nitrogen and oxygen atoms in total. The third-order valence-electron chi connectivity index (χ3n) is 1.69. The lowest BCUT2D eigenvalue weighted by atomic mass is 10.2. The SMILES string of the molecule is CCOc1cccc(C=CC(=O)Cl)c1Cl. The summed E-state index contributed by atoms with van der Waals surface area (Å²) in [7, 11) is 0. The van der Waals surface area contributed by atoms with Crippen LogP contribution in [0.2, 0.25) is 5.02 Å². The minimum Gasteiger partial charge on any atom is -0.492 e. The summed E-state index contributed by atoms with van der Waals surface area (Å²) in [5.41, 5.74) is 0.705. The van der Waals surface area contributed by atoms with Crippen molar-refractivity contribution in [2.75, 3.05) is 6.61 Å². The first-order valence-corrected chi connectivity index (χ1v) is 5.19. The fourth-order valence-electron chi connectivity index (χ4n) is 1.08. The third kappa shape index (κ3) is 3.57. The van der Waals surface area contributed by atoms with Crippen LogP contribution in [0.4, 0.5) is 0 Å². The molecule has 0 amide bonds. The number of benzene rings is 1. The van der Waals surface area contributed by atoms with Crippen LogP contribution in [0.3, 0.4) is 0 Å². The summed E-state index contributed by atoms with van der Waals surface area (Å²) in [6.07, 6.45) is 2.80. The molecule has 0 atom stereocenters. The predicted molar refractivity (Wildman–Crippen MR) is 62.5 cm³/mol. The van der Waals surface area contributed by atoms with E-state index >= 15 is 0 Å². The lowest BCUT2D eigenvalue weighted by Gasteiger charge is -2.06. The van der Waals surface area contributed by atoms with Gasteiger partial charge in [-0.3, -0.25) is 4.79 Å². The van der Waals surface area contributed by atoms with E-state index in [4.69, 9.17) is 27.9 Å². The highest BCUT2D eigenvalue weighted by Crippen LogP contribution is 2.28. The second-order valence-electron chi connectivity index (χ2n) is 2.73. The van der Waals surface area contributed by atoms with Gasteiger partial charge in [-0.25, -0.2) is 0 Å². The lowest BCUT2D eigenvalue weighted by molar-refractivity contribution is -0.107. The molecule has 0 bridgehead atoms. The summed E-state index contributed by atoms with van der Waals surface area (Å²) < 4.78 is 5.30. The van der Waals surface area contributed by atoms with Gasteiger partial charge >= 0.3 is 0 Å². The molecule has 0 aliphatic carbocycles. The maximum atomic E-state index is 10.5. The predicted octanol–water partition coefficient (Wildman–Crippen LogP) is 3.52. The zero-order chi connectivity index (χ0) is 11.3. The van der Waals surface area contributed by atoms with Crippen LogP contribution >= 0.6 is 23.2 Å². The highest BCUT2D eigenvalue weighted by atomic mass is 35.5. The third-order valence-corrected chi connectivity index (χ3v) is 2.22. The molecular weight excluding hydrogens is 235 g/mol. The van der Waals surface area contributed by atoms with Gasteiger partial charge < -0.3 is 4.74 Å². The molecule has 80 valence electrons. The number of halogens is 2. The Morgan fingerprint density at radius 1 is 1.53 bits per heavy atom. The van der Waals surface area contributed by atoms with Gasteiger partial charge in [0.1, 0.15) is 5.75 Å². The topological polar surface area (TPSA) is 26.3 Å². The average molecular weight is 245 g/mol. The molecule has 4 heteroatoms. The fraction of sp³-hybridized carbons (Fsp3) is 0.182. The molecular formula is C11H10Cl2O2. The molecule has 0 heterocycles. The van der Waals surface area contributed by atoms with E-state index in [-0.39, 0.29) is 0 Å². The van der Waals surface area contributed by atoms with Crippen molar-refractivity contribution in [3.8, 4) is 5.75 Å². The van der Waals surface area contributed by atoms with E-state index in [1.807, 2.05) is 6.92 Å². The van der Waals surface area contributed by atoms with Gasteiger partial charge in [-0.15, -0.1) is 0 Å². The molecule has 15 heavy (non-hydrogen) atoms. The molecule has 0 spiro atoms. The van der Waals surface area contributed by atoms with E-state index in [2.05, 4.69) is 0 Å². The van der Waals surface area contributed by atoms with E-state index in [0.29, 0.717) is 22.9 Å². The highest BCUT2D eigenvalue weighted by molar-refractivity contribution is 6.66. The number of carbonyl (C=O) groups excluding carboxylic acids is 1. The van der Waals surface area contributed by atoms with E-state index in [1.54, 1.807) is 24.3 Å². The Kier molecular flexibility index (Phi) is 4.66.